The number of carbonyl (C=O) groups excluding carboxylic acids is 2. The molecule has 0 heterocycles. The number of rotatable bonds is 5. The van der Waals surface area contributed by atoms with Crippen LogP contribution in [-0.4, -0.2) is 25.0 Å². The number of halogens is 1. The predicted molar refractivity (Wildman–Crippen MR) is 76.7 cm³/mol. The normalized spacial score (nSPS) is 15.6. The summed E-state index contributed by atoms with van der Waals surface area (Å²) < 4.78 is 4.63. The number of methoxy groups -OCH3 is 1. The summed E-state index contributed by atoms with van der Waals surface area (Å²) in [5.41, 5.74) is 6.63. The van der Waals surface area contributed by atoms with Gasteiger partial charge in [-0.05, 0) is 37.0 Å². The van der Waals surface area contributed by atoms with E-state index in [9.17, 15) is 9.59 Å². The third-order valence-electron chi connectivity index (χ3n) is 3.31. The minimum absolute atomic E-state index is 0.113. The summed E-state index contributed by atoms with van der Waals surface area (Å²) in [7, 11) is 1.30. The van der Waals surface area contributed by atoms with Gasteiger partial charge in [0, 0.05) is 12.5 Å². The molecule has 2 rings (SSSR count). The van der Waals surface area contributed by atoms with Crippen LogP contribution in [0.2, 0.25) is 5.02 Å². The third-order valence-corrected chi connectivity index (χ3v) is 3.64. The Kier molecular flexibility index (Phi) is 4.62. The average Bonchev–Trinajstić information content (AvgIpc) is 3.24. The van der Waals surface area contributed by atoms with Crippen molar-refractivity contribution in [3.05, 3.63) is 28.8 Å². The molecule has 0 aromatic heterocycles. The van der Waals surface area contributed by atoms with Gasteiger partial charge >= 0.3 is 5.97 Å². The first-order chi connectivity index (χ1) is 9.51. The fourth-order valence-electron chi connectivity index (χ4n) is 1.97. The molecule has 1 aliphatic carbocycles. The molecule has 1 atom stereocenters. The van der Waals surface area contributed by atoms with Crippen molar-refractivity contribution in [2.75, 3.05) is 12.4 Å². The highest BCUT2D eigenvalue weighted by atomic mass is 35.5. The Morgan fingerprint density at radius 1 is 1.50 bits per heavy atom. The van der Waals surface area contributed by atoms with Crippen molar-refractivity contribution >= 4 is 29.2 Å². The lowest BCUT2D eigenvalue weighted by Gasteiger charge is -2.12. The van der Waals surface area contributed by atoms with Crippen molar-refractivity contribution in [3.8, 4) is 0 Å². The van der Waals surface area contributed by atoms with Crippen LogP contribution in [0.5, 0.6) is 0 Å². The molecule has 1 amide bonds. The number of ether oxygens (including phenoxy) is 1. The molecule has 1 fully saturated rings. The molecule has 1 aliphatic rings. The number of amides is 1. The van der Waals surface area contributed by atoms with Gasteiger partial charge in [0.15, 0.2) is 0 Å². The monoisotopic (exact) mass is 296 g/mol. The Morgan fingerprint density at radius 3 is 2.80 bits per heavy atom. The first-order valence-corrected chi connectivity index (χ1v) is 6.82. The van der Waals surface area contributed by atoms with E-state index < -0.39 is 5.97 Å². The summed E-state index contributed by atoms with van der Waals surface area (Å²) >= 11 is 6.00. The zero-order valence-corrected chi connectivity index (χ0v) is 11.9. The maximum absolute atomic E-state index is 11.9. The number of nitrogens with two attached hydrogens (primary N) is 1. The summed E-state index contributed by atoms with van der Waals surface area (Å²) in [6.07, 6.45) is 2.43. The molecule has 1 aromatic carbocycles. The van der Waals surface area contributed by atoms with Crippen LogP contribution >= 0.6 is 11.6 Å². The van der Waals surface area contributed by atoms with Crippen LogP contribution in [0.25, 0.3) is 0 Å². The minimum atomic E-state index is -0.480. The SMILES string of the molecule is COC(=O)c1ccc(Cl)c(NC(=O)CC(N)C2CC2)c1. The van der Waals surface area contributed by atoms with Crippen molar-refractivity contribution in [3.63, 3.8) is 0 Å². The second-order valence-corrected chi connectivity index (χ2v) is 5.35. The minimum Gasteiger partial charge on any atom is -0.465 e. The zero-order valence-electron chi connectivity index (χ0n) is 11.2. The second kappa shape index (κ2) is 6.24. The van der Waals surface area contributed by atoms with Gasteiger partial charge in [0.25, 0.3) is 0 Å². The maximum atomic E-state index is 11.9. The summed E-state index contributed by atoms with van der Waals surface area (Å²) in [4.78, 5) is 23.3. The number of hydrogen-bond donors (Lipinski definition) is 2. The quantitative estimate of drug-likeness (QED) is 0.816. The molecule has 108 valence electrons. The Morgan fingerprint density at radius 2 is 2.20 bits per heavy atom. The summed E-state index contributed by atoms with van der Waals surface area (Å²) in [6.45, 7) is 0. The van der Waals surface area contributed by atoms with Crippen LogP contribution < -0.4 is 11.1 Å². The molecule has 0 saturated heterocycles. The molecule has 0 radical (unpaired) electrons. The van der Waals surface area contributed by atoms with Crippen LogP contribution in [0, 0.1) is 5.92 Å². The number of esters is 1. The van der Waals surface area contributed by atoms with Crippen molar-refractivity contribution in [1.29, 1.82) is 0 Å². The van der Waals surface area contributed by atoms with E-state index >= 15 is 0 Å². The highest BCUT2D eigenvalue weighted by molar-refractivity contribution is 6.33. The number of carbonyl (C=O) groups is 2. The van der Waals surface area contributed by atoms with E-state index in [-0.39, 0.29) is 18.4 Å². The molecular weight excluding hydrogens is 280 g/mol. The van der Waals surface area contributed by atoms with Crippen LogP contribution in [-0.2, 0) is 9.53 Å². The molecule has 0 spiro atoms. The highest BCUT2D eigenvalue weighted by Gasteiger charge is 2.29. The Hall–Kier alpha value is -1.59. The van der Waals surface area contributed by atoms with Gasteiger partial charge < -0.3 is 15.8 Å². The molecule has 0 bridgehead atoms. The average molecular weight is 297 g/mol. The lowest BCUT2D eigenvalue weighted by Crippen LogP contribution is -2.29. The van der Waals surface area contributed by atoms with E-state index in [2.05, 4.69) is 10.1 Å². The van der Waals surface area contributed by atoms with Gasteiger partial charge in [0.1, 0.15) is 0 Å². The molecule has 1 aromatic rings. The van der Waals surface area contributed by atoms with E-state index in [1.165, 1.54) is 13.2 Å². The number of hydrogen-bond acceptors (Lipinski definition) is 4. The predicted octanol–water partition coefficient (Wildman–Crippen LogP) is 2.19. The molecule has 0 aliphatic heterocycles. The van der Waals surface area contributed by atoms with Gasteiger partial charge in [-0.25, -0.2) is 4.79 Å². The third kappa shape index (κ3) is 3.71. The van der Waals surface area contributed by atoms with Crippen LogP contribution in [0.3, 0.4) is 0 Å². The van der Waals surface area contributed by atoms with Gasteiger partial charge in [-0.15, -0.1) is 0 Å². The molecular formula is C14H17ClN2O3. The van der Waals surface area contributed by atoms with Crippen molar-refractivity contribution in [1.82, 2.24) is 0 Å². The molecule has 1 saturated carbocycles. The largest absolute Gasteiger partial charge is 0.465 e. The van der Waals surface area contributed by atoms with Crippen molar-refractivity contribution in [2.24, 2.45) is 11.7 Å². The second-order valence-electron chi connectivity index (χ2n) is 4.94. The van der Waals surface area contributed by atoms with E-state index in [1.54, 1.807) is 12.1 Å². The number of anilines is 1. The van der Waals surface area contributed by atoms with Crippen LogP contribution in [0.15, 0.2) is 18.2 Å². The molecule has 5 nitrogen and oxygen atoms in total. The molecule has 6 heteroatoms. The van der Waals surface area contributed by atoms with Crippen LogP contribution in [0.1, 0.15) is 29.6 Å². The fraction of sp³-hybridized carbons (Fsp3) is 0.429. The molecule has 1 unspecified atom stereocenters. The fourth-order valence-corrected chi connectivity index (χ4v) is 2.14. The van der Waals surface area contributed by atoms with Crippen molar-refractivity contribution in [2.45, 2.75) is 25.3 Å². The first kappa shape index (κ1) is 14.8. The number of nitrogens with one attached hydrogen (secondary N) is 1. The van der Waals surface area contributed by atoms with Gasteiger partial charge in [0.05, 0.1) is 23.4 Å². The van der Waals surface area contributed by atoms with Gasteiger partial charge in [-0.1, -0.05) is 11.6 Å². The maximum Gasteiger partial charge on any atom is 0.337 e. The smallest absolute Gasteiger partial charge is 0.337 e. The van der Waals surface area contributed by atoms with E-state index in [0.717, 1.165) is 12.8 Å². The Labute approximate surface area is 122 Å². The lowest BCUT2D eigenvalue weighted by molar-refractivity contribution is -0.116. The molecule has 3 N–H and O–H groups in total. The van der Waals surface area contributed by atoms with Gasteiger partial charge in [0.2, 0.25) is 5.91 Å². The first-order valence-electron chi connectivity index (χ1n) is 6.44. The topological polar surface area (TPSA) is 81.4 Å². The van der Waals surface area contributed by atoms with Gasteiger partial charge in [-0.3, -0.25) is 4.79 Å². The highest BCUT2D eigenvalue weighted by Crippen LogP contribution is 2.33. The van der Waals surface area contributed by atoms with E-state index in [1.807, 2.05) is 0 Å². The molecule has 20 heavy (non-hydrogen) atoms. The van der Waals surface area contributed by atoms with E-state index in [0.29, 0.717) is 22.2 Å². The standard InChI is InChI=1S/C14H17ClN2O3/c1-20-14(19)9-4-5-10(15)12(6-9)17-13(18)7-11(16)8-2-3-8/h4-6,8,11H,2-3,7,16H2,1H3,(H,17,18). The Balaban J connectivity index is 2.03. The lowest BCUT2D eigenvalue weighted by atomic mass is 10.1. The number of benzene rings is 1. The summed E-state index contributed by atoms with van der Waals surface area (Å²) in [5, 5.41) is 3.05. The van der Waals surface area contributed by atoms with Crippen molar-refractivity contribution < 1.29 is 14.3 Å². The summed E-state index contributed by atoms with van der Waals surface area (Å²) in [6, 6.07) is 4.47. The van der Waals surface area contributed by atoms with E-state index in [4.69, 9.17) is 17.3 Å². The van der Waals surface area contributed by atoms with Crippen LogP contribution in [0.4, 0.5) is 5.69 Å². The zero-order chi connectivity index (χ0) is 14.7. The summed E-state index contributed by atoms with van der Waals surface area (Å²) in [5.74, 6) is -0.224. The Bertz CT molecular complexity index is 529. The van der Waals surface area contributed by atoms with Gasteiger partial charge in [-0.2, -0.15) is 0 Å².